The van der Waals surface area contributed by atoms with Crippen molar-refractivity contribution in [2.75, 3.05) is 0 Å². The summed E-state index contributed by atoms with van der Waals surface area (Å²) in [6.45, 7) is 0. The zero-order valence-corrected chi connectivity index (χ0v) is 12.5. The summed E-state index contributed by atoms with van der Waals surface area (Å²) in [5.41, 5.74) is 0. The number of furan rings is 1. The number of hydrogen-bond donors (Lipinski definition) is 1. The van der Waals surface area contributed by atoms with Gasteiger partial charge in [0.1, 0.15) is 6.26 Å². The summed E-state index contributed by atoms with van der Waals surface area (Å²) >= 11 is 3.15. The third-order valence-electron chi connectivity index (χ3n) is 4.10. The molecule has 7 heteroatoms. The van der Waals surface area contributed by atoms with Crippen molar-refractivity contribution >= 4 is 31.9 Å². The Labute approximate surface area is 119 Å². The highest BCUT2D eigenvalue weighted by molar-refractivity contribution is 9.10. The summed E-state index contributed by atoms with van der Waals surface area (Å²) in [5, 5.41) is -0.423. The molecule has 1 aromatic rings. The molecule has 2 bridgehead atoms. The highest BCUT2D eigenvalue weighted by atomic mass is 79.9. The predicted octanol–water partition coefficient (Wildman–Crippen LogP) is 2.29. The topological polar surface area (TPSA) is 76.4 Å². The lowest BCUT2D eigenvalue weighted by Crippen LogP contribution is -2.40. The molecule has 2 aliphatic carbocycles. The van der Waals surface area contributed by atoms with E-state index in [1.54, 1.807) is 0 Å². The molecule has 0 aromatic carbocycles. The van der Waals surface area contributed by atoms with Crippen LogP contribution >= 0.6 is 15.9 Å². The first-order valence-corrected chi connectivity index (χ1v) is 8.59. The van der Waals surface area contributed by atoms with Crippen molar-refractivity contribution in [3.63, 3.8) is 0 Å². The van der Waals surface area contributed by atoms with Crippen LogP contribution in [-0.4, -0.2) is 19.6 Å². The highest BCUT2D eigenvalue weighted by Gasteiger charge is 2.46. The molecule has 3 atom stereocenters. The van der Waals surface area contributed by atoms with Crippen LogP contribution in [0, 0.1) is 11.8 Å². The van der Waals surface area contributed by atoms with Gasteiger partial charge in [0.2, 0.25) is 10.0 Å². The van der Waals surface area contributed by atoms with Crippen LogP contribution in [0.25, 0.3) is 0 Å². The second kappa shape index (κ2) is 4.63. The maximum absolute atomic E-state index is 12.2. The van der Waals surface area contributed by atoms with Crippen LogP contribution in [0.1, 0.15) is 36.2 Å². The molecule has 0 spiro atoms. The molecule has 1 heterocycles. The quantitative estimate of drug-likeness (QED) is 0.909. The average Bonchev–Trinajstić information content (AvgIpc) is 3.02. The van der Waals surface area contributed by atoms with E-state index in [1.807, 2.05) is 0 Å². The van der Waals surface area contributed by atoms with Gasteiger partial charge in [-0.05, 0) is 47.0 Å². The molecule has 1 unspecified atom stereocenters. The number of halogens is 1. The largest absolute Gasteiger partial charge is 0.458 e. The summed E-state index contributed by atoms with van der Waals surface area (Å²) in [4.78, 5) is 11.8. The van der Waals surface area contributed by atoms with Gasteiger partial charge in [-0.3, -0.25) is 4.79 Å². The third-order valence-corrected chi connectivity index (χ3v) is 6.36. The molecule has 3 rings (SSSR count). The Hall–Kier alpha value is -0.820. The zero-order chi connectivity index (χ0) is 13.6. The van der Waals surface area contributed by atoms with Gasteiger partial charge in [0, 0.05) is 6.07 Å². The normalized spacial score (nSPS) is 29.6. The van der Waals surface area contributed by atoms with Crippen LogP contribution in [0.2, 0.25) is 0 Å². The maximum Gasteiger partial charge on any atom is 0.300 e. The second-order valence-electron chi connectivity index (χ2n) is 5.32. The van der Waals surface area contributed by atoms with Crippen LogP contribution < -0.4 is 4.72 Å². The minimum absolute atomic E-state index is 0.00129. The van der Waals surface area contributed by atoms with E-state index in [9.17, 15) is 13.2 Å². The fourth-order valence-electron chi connectivity index (χ4n) is 3.25. The van der Waals surface area contributed by atoms with Gasteiger partial charge in [-0.1, -0.05) is 6.42 Å². The monoisotopic (exact) mass is 347 g/mol. The lowest BCUT2D eigenvalue weighted by atomic mass is 10.0. The van der Waals surface area contributed by atoms with Crippen LogP contribution in [0.4, 0.5) is 0 Å². The molecule has 104 valence electrons. The molecule has 19 heavy (non-hydrogen) atoms. The van der Waals surface area contributed by atoms with E-state index in [0.29, 0.717) is 16.8 Å². The lowest BCUT2D eigenvalue weighted by Gasteiger charge is -2.21. The molecule has 2 saturated carbocycles. The first-order chi connectivity index (χ1) is 8.95. The number of sulfonamides is 1. The molecule has 1 amide bonds. The smallest absolute Gasteiger partial charge is 0.300 e. The van der Waals surface area contributed by atoms with Crippen LogP contribution in [0.15, 0.2) is 21.2 Å². The van der Waals surface area contributed by atoms with Crippen molar-refractivity contribution in [2.45, 2.75) is 30.9 Å². The molecule has 1 N–H and O–H groups in total. The Kier molecular flexibility index (Phi) is 3.21. The van der Waals surface area contributed by atoms with Crippen molar-refractivity contribution < 1.29 is 17.6 Å². The molecular formula is C12H14BrNO4S. The molecular weight excluding hydrogens is 334 g/mol. The van der Waals surface area contributed by atoms with Crippen LogP contribution in [-0.2, 0) is 10.0 Å². The summed E-state index contributed by atoms with van der Waals surface area (Å²) < 4.78 is 32.2. The van der Waals surface area contributed by atoms with Gasteiger partial charge in [-0.2, -0.15) is 0 Å². The number of carbonyl (C=O) groups is 1. The number of fused-ring (bicyclic) bond motifs is 2. The Morgan fingerprint density at radius 1 is 1.37 bits per heavy atom. The minimum atomic E-state index is -3.60. The van der Waals surface area contributed by atoms with Gasteiger partial charge in [0.25, 0.3) is 5.91 Å². The summed E-state index contributed by atoms with van der Waals surface area (Å²) in [6.07, 6.45) is 5.08. The van der Waals surface area contributed by atoms with Crippen LogP contribution in [0.5, 0.6) is 0 Å². The number of nitrogens with one attached hydrogen (secondary N) is 1. The molecule has 1 aromatic heterocycles. The van der Waals surface area contributed by atoms with E-state index in [1.165, 1.54) is 12.3 Å². The van der Waals surface area contributed by atoms with Crippen molar-refractivity contribution in [1.82, 2.24) is 4.72 Å². The minimum Gasteiger partial charge on any atom is -0.458 e. The van der Waals surface area contributed by atoms with E-state index >= 15 is 0 Å². The van der Waals surface area contributed by atoms with Crippen molar-refractivity contribution in [1.29, 1.82) is 0 Å². The maximum atomic E-state index is 12.2. The lowest BCUT2D eigenvalue weighted by molar-refractivity contribution is 0.0954. The van der Waals surface area contributed by atoms with E-state index in [4.69, 9.17) is 4.42 Å². The van der Waals surface area contributed by atoms with E-state index in [2.05, 4.69) is 20.7 Å². The van der Waals surface area contributed by atoms with Gasteiger partial charge in [0.05, 0.1) is 9.72 Å². The van der Waals surface area contributed by atoms with E-state index in [0.717, 1.165) is 19.3 Å². The second-order valence-corrected chi connectivity index (χ2v) is 8.13. The number of amides is 1. The number of hydrogen-bond acceptors (Lipinski definition) is 4. The average molecular weight is 348 g/mol. The van der Waals surface area contributed by atoms with E-state index in [-0.39, 0.29) is 11.7 Å². The molecule has 5 nitrogen and oxygen atoms in total. The molecule has 0 aliphatic heterocycles. The number of rotatable bonds is 3. The Morgan fingerprint density at radius 3 is 2.68 bits per heavy atom. The van der Waals surface area contributed by atoms with Gasteiger partial charge in [-0.25, -0.2) is 13.1 Å². The van der Waals surface area contributed by atoms with Crippen molar-refractivity contribution in [3.8, 4) is 0 Å². The summed E-state index contributed by atoms with van der Waals surface area (Å²) in [7, 11) is -3.60. The Morgan fingerprint density at radius 2 is 2.16 bits per heavy atom. The standard InChI is InChI=1S/C12H14BrNO4S/c13-9-5-10(18-6-9)12(15)14-19(16,17)11-4-7-1-2-8(11)3-7/h5-8,11H,1-4H2,(H,14,15)/t7-,8+,11?/m1/s1. The Bertz CT molecular complexity index is 609. The van der Waals surface area contributed by atoms with Gasteiger partial charge in [-0.15, -0.1) is 0 Å². The molecule has 0 radical (unpaired) electrons. The van der Waals surface area contributed by atoms with Crippen LogP contribution in [0.3, 0.4) is 0 Å². The predicted molar refractivity (Wildman–Crippen MR) is 72.0 cm³/mol. The van der Waals surface area contributed by atoms with Gasteiger partial charge in [0.15, 0.2) is 5.76 Å². The molecule has 0 saturated heterocycles. The molecule has 2 aliphatic rings. The van der Waals surface area contributed by atoms with Gasteiger partial charge >= 0.3 is 0 Å². The van der Waals surface area contributed by atoms with Crippen molar-refractivity contribution in [2.24, 2.45) is 11.8 Å². The fourth-order valence-corrected chi connectivity index (χ4v) is 5.34. The summed E-state index contributed by atoms with van der Waals surface area (Å²) in [5.74, 6) is 0.0187. The van der Waals surface area contributed by atoms with Gasteiger partial charge < -0.3 is 4.42 Å². The third kappa shape index (κ3) is 2.45. The van der Waals surface area contributed by atoms with Crippen molar-refractivity contribution in [3.05, 3.63) is 22.6 Å². The molecule has 2 fully saturated rings. The SMILES string of the molecule is O=C(NS(=O)(=O)C1C[C@@H]2CC[C@H]1C2)c1cc(Br)co1. The first-order valence-electron chi connectivity index (χ1n) is 6.25. The Balaban J connectivity index is 1.73. The highest BCUT2D eigenvalue weighted by Crippen LogP contribution is 2.47. The fraction of sp³-hybridized carbons (Fsp3) is 0.583. The first kappa shape index (κ1) is 13.2. The number of carbonyl (C=O) groups excluding carboxylic acids is 1. The summed E-state index contributed by atoms with van der Waals surface area (Å²) in [6, 6.07) is 1.45. The van der Waals surface area contributed by atoms with E-state index < -0.39 is 21.2 Å². The zero-order valence-electron chi connectivity index (χ0n) is 10.1.